The summed E-state index contributed by atoms with van der Waals surface area (Å²) in [5.41, 5.74) is 1.31. The zero-order valence-corrected chi connectivity index (χ0v) is 17.6. The predicted octanol–water partition coefficient (Wildman–Crippen LogP) is 3.79. The van der Waals surface area contributed by atoms with Gasteiger partial charge in [-0.1, -0.05) is 32.0 Å². The Morgan fingerprint density at radius 3 is 2.31 bits per heavy atom. The van der Waals surface area contributed by atoms with Gasteiger partial charge in [-0.15, -0.1) is 0 Å². The van der Waals surface area contributed by atoms with Crippen LogP contribution in [0.15, 0.2) is 47.4 Å². The number of nitro benzene ring substituents is 1. The first kappa shape index (κ1) is 22.4. The standard InChI is InChI=1S/C20H24N2O6S/c1-5-28-20(23)13-21(17-9-7-16(8-10-17)14(2)3)29(26,27)18-11-6-15(4)19(12-18)22(24)25/h6-12,14H,5,13H2,1-4H3. The van der Waals surface area contributed by atoms with Gasteiger partial charge in [0.2, 0.25) is 0 Å². The molecule has 2 aromatic carbocycles. The van der Waals surface area contributed by atoms with E-state index in [0.29, 0.717) is 5.56 Å². The number of anilines is 1. The van der Waals surface area contributed by atoms with Crippen molar-refractivity contribution in [1.82, 2.24) is 0 Å². The summed E-state index contributed by atoms with van der Waals surface area (Å²) in [6, 6.07) is 10.4. The van der Waals surface area contributed by atoms with Crippen molar-refractivity contribution in [2.45, 2.75) is 38.5 Å². The maximum absolute atomic E-state index is 13.3. The van der Waals surface area contributed by atoms with Crippen LogP contribution in [0.3, 0.4) is 0 Å². The lowest BCUT2D eigenvalue weighted by atomic mass is 10.0. The summed E-state index contributed by atoms with van der Waals surface area (Å²) in [7, 11) is -4.25. The molecular weight excluding hydrogens is 396 g/mol. The van der Waals surface area contributed by atoms with Crippen LogP contribution in [0, 0.1) is 17.0 Å². The van der Waals surface area contributed by atoms with Crippen LogP contribution in [-0.4, -0.2) is 32.5 Å². The van der Waals surface area contributed by atoms with Crippen LogP contribution < -0.4 is 4.31 Å². The van der Waals surface area contributed by atoms with Crippen molar-refractivity contribution in [2.75, 3.05) is 17.5 Å². The number of benzene rings is 2. The monoisotopic (exact) mass is 420 g/mol. The number of sulfonamides is 1. The van der Waals surface area contributed by atoms with E-state index in [1.54, 1.807) is 31.2 Å². The number of nitrogens with zero attached hydrogens (tertiary/aromatic N) is 2. The molecule has 0 unspecified atom stereocenters. The molecule has 156 valence electrons. The molecule has 0 heterocycles. The molecule has 0 amide bonds. The van der Waals surface area contributed by atoms with Gasteiger partial charge in [0.25, 0.3) is 15.7 Å². The van der Waals surface area contributed by atoms with Crippen molar-refractivity contribution in [2.24, 2.45) is 0 Å². The molecule has 0 aliphatic heterocycles. The molecule has 0 N–H and O–H groups in total. The van der Waals surface area contributed by atoms with Gasteiger partial charge in [-0.2, -0.15) is 0 Å². The number of carbonyl (C=O) groups excluding carboxylic acids is 1. The third-order valence-corrected chi connectivity index (χ3v) is 6.16. The molecule has 0 aliphatic carbocycles. The fourth-order valence-corrected chi connectivity index (χ4v) is 4.17. The number of carbonyl (C=O) groups is 1. The Hall–Kier alpha value is -2.94. The molecule has 0 atom stereocenters. The third kappa shape index (κ3) is 5.11. The Kier molecular flexibility index (Phi) is 6.97. The predicted molar refractivity (Wildman–Crippen MR) is 110 cm³/mol. The Morgan fingerprint density at radius 1 is 1.17 bits per heavy atom. The van der Waals surface area contributed by atoms with Gasteiger partial charge >= 0.3 is 5.97 Å². The first-order valence-corrected chi connectivity index (χ1v) is 10.5. The number of hydrogen-bond acceptors (Lipinski definition) is 6. The minimum atomic E-state index is -4.25. The summed E-state index contributed by atoms with van der Waals surface area (Å²) in [5.74, 6) is -0.468. The van der Waals surface area contributed by atoms with Crippen LogP contribution in [0.5, 0.6) is 0 Å². The van der Waals surface area contributed by atoms with E-state index >= 15 is 0 Å². The molecule has 0 saturated heterocycles. The average molecular weight is 420 g/mol. The lowest BCUT2D eigenvalue weighted by Gasteiger charge is -2.24. The lowest BCUT2D eigenvalue weighted by Crippen LogP contribution is -2.36. The second kappa shape index (κ2) is 9.04. The third-order valence-electron chi connectivity index (χ3n) is 4.39. The molecule has 29 heavy (non-hydrogen) atoms. The van der Waals surface area contributed by atoms with Gasteiger partial charge in [0.1, 0.15) is 6.54 Å². The van der Waals surface area contributed by atoms with Crippen LogP contribution in [-0.2, 0) is 19.6 Å². The molecular formula is C20H24N2O6S. The lowest BCUT2D eigenvalue weighted by molar-refractivity contribution is -0.385. The molecule has 0 saturated carbocycles. The molecule has 0 aliphatic rings. The molecule has 0 aromatic heterocycles. The van der Waals surface area contributed by atoms with E-state index in [4.69, 9.17) is 4.74 Å². The second-order valence-corrected chi connectivity index (χ2v) is 8.63. The molecule has 0 spiro atoms. The normalized spacial score (nSPS) is 11.3. The summed E-state index contributed by atoms with van der Waals surface area (Å²) < 4.78 is 32.4. The summed E-state index contributed by atoms with van der Waals surface area (Å²) in [6.07, 6.45) is 0. The Bertz CT molecular complexity index is 1000. The number of ether oxygens (including phenoxy) is 1. The van der Waals surface area contributed by atoms with Crippen LogP contribution in [0.25, 0.3) is 0 Å². The van der Waals surface area contributed by atoms with Crippen molar-refractivity contribution in [3.8, 4) is 0 Å². The Morgan fingerprint density at radius 2 is 1.79 bits per heavy atom. The SMILES string of the molecule is CCOC(=O)CN(c1ccc(C(C)C)cc1)S(=O)(=O)c1ccc(C)c([N+](=O)[O-])c1. The van der Waals surface area contributed by atoms with E-state index in [1.807, 2.05) is 13.8 Å². The van der Waals surface area contributed by atoms with E-state index < -0.39 is 27.5 Å². The van der Waals surface area contributed by atoms with Gasteiger partial charge in [-0.05, 0) is 43.5 Å². The smallest absolute Gasteiger partial charge is 0.326 e. The number of aryl methyl sites for hydroxylation is 1. The van der Waals surface area contributed by atoms with E-state index in [-0.39, 0.29) is 28.8 Å². The minimum Gasteiger partial charge on any atom is -0.465 e. The van der Waals surface area contributed by atoms with E-state index in [9.17, 15) is 23.3 Å². The first-order chi connectivity index (χ1) is 13.6. The number of esters is 1. The van der Waals surface area contributed by atoms with Gasteiger partial charge in [0.15, 0.2) is 0 Å². The topological polar surface area (TPSA) is 107 Å². The van der Waals surface area contributed by atoms with Gasteiger partial charge in [-0.25, -0.2) is 8.42 Å². The highest BCUT2D eigenvalue weighted by atomic mass is 32.2. The van der Waals surface area contributed by atoms with Crippen molar-refractivity contribution >= 4 is 27.4 Å². The molecule has 2 aromatic rings. The van der Waals surface area contributed by atoms with Crippen molar-refractivity contribution in [3.05, 3.63) is 63.7 Å². The van der Waals surface area contributed by atoms with Crippen molar-refractivity contribution in [1.29, 1.82) is 0 Å². The highest BCUT2D eigenvalue weighted by Crippen LogP contribution is 2.29. The molecule has 9 heteroatoms. The highest BCUT2D eigenvalue weighted by Gasteiger charge is 2.29. The Labute approximate surface area is 170 Å². The second-order valence-electron chi connectivity index (χ2n) is 6.77. The minimum absolute atomic E-state index is 0.106. The summed E-state index contributed by atoms with van der Waals surface area (Å²) in [4.78, 5) is 22.4. The number of nitro groups is 1. The van der Waals surface area contributed by atoms with Crippen LogP contribution >= 0.6 is 0 Å². The maximum Gasteiger partial charge on any atom is 0.326 e. The Balaban J connectivity index is 2.56. The van der Waals surface area contributed by atoms with Gasteiger partial charge in [0, 0.05) is 11.6 Å². The van der Waals surface area contributed by atoms with E-state index in [2.05, 4.69) is 0 Å². The zero-order chi connectivity index (χ0) is 21.8. The fraction of sp³-hybridized carbons (Fsp3) is 0.350. The van der Waals surface area contributed by atoms with Gasteiger partial charge in [0.05, 0.1) is 22.1 Å². The number of hydrogen-bond donors (Lipinski definition) is 0. The van der Waals surface area contributed by atoms with Crippen molar-refractivity contribution in [3.63, 3.8) is 0 Å². The fourth-order valence-electron chi connectivity index (χ4n) is 2.74. The van der Waals surface area contributed by atoms with Crippen molar-refractivity contribution < 1.29 is 22.9 Å². The zero-order valence-electron chi connectivity index (χ0n) is 16.8. The summed E-state index contributed by atoms with van der Waals surface area (Å²) in [5, 5.41) is 11.2. The first-order valence-electron chi connectivity index (χ1n) is 9.11. The van der Waals surface area contributed by atoms with Crippen LogP contribution in [0.1, 0.15) is 37.8 Å². The highest BCUT2D eigenvalue weighted by molar-refractivity contribution is 7.92. The average Bonchev–Trinajstić information content (AvgIpc) is 2.66. The molecule has 0 bridgehead atoms. The van der Waals surface area contributed by atoms with E-state index in [0.717, 1.165) is 15.9 Å². The molecule has 8 nitrogen and oxygen atoms in total. The summed E-state index contributed by atoms with van der Waals surface area (Å²) in [6.45, 7) is 6.72. The van der Waals surface area contributed by atoms with Gasteiger partial charge in [-0.3, -0.25) is 19.2 Å². The summed E-state index contributed by atoms with van der Waals surface area (Å²) >= 11 is 0. The molecule has 0 fully saturated rings. The van der Waals surface area contributed by atoms with Gasteiger partial charge < -0.3 is 4.74 Å². The maximum atomic E-state index is 13.3. The van der Waals surface area contributed by atoms with E-state index in [1.165, 1.54) is 19.1 Å². The molecule has 0 radical (unpaired) electrons. The quantitative estimate of drug-likeness (QED) is 0.365. The molecule has 2 rings (SSSR count). The van der Waals surface area contributed by atoms with Crippen LogP contribution in [0.4, 0.5) is 11.4 Å². The van der Waals surface area contributed by atoms with Crippen LogP contribution in [0.2, 0.25) is 0 Å². The number of rotatable bonds is 8. The largest absolute Gasteiger partial charge is 0.465 e.